The van der Waals surface area contributed by atoms with Crippen molar-refractivity contribution in [3.63, 3.8) is 0 Å². The molecule has 0 fully saturated rings. The van der Waals surface area contributed by atoms with Crippen LogP contribution >= 0.6 is 17.1 Å². The Kier molecular flexibility index (Phi) is 4.35. The van der Waals surface area contributed by atoms with Crippen molar-refractivity contribution in [1.82, 2.24) is 14.8 Å². The molecule has 0 aliphatic rings. The molecule has 0 aliphatic heterocycles. The molecule has 1 unspecified atom stereocenters. The van der Waals surface area contributed by atoms with Crippen LogP contribution in [-0.4, -0.2) is 21.4 Å². The molecule has 8 heteroatoms. The van der Waals surface area contributed by atoms with Crippen LogP contribution in [0, 0.1) is 0 Å². The number of aromatic nitrogens is 3. The van der Waals surface area contributed by atoms with Crippen LogP contribution in [0.2, 0.25) is 0 Å². The molecule has 0 aliphatic carbocycles. The van der Waals surface area contributed by atoms with E-state index in [0.717, 1.165) is 5.69 Å². The minimum Gasteiger partial charge on any atom is -0.397 e. The quantitative estimate of drug-likeness (QED) is 0.794. The predicted octanol–water partition coefficient (Wildman–Crippen LogP) is 3.15. The van der Waals surface area contributed by atoms with E-state index in [0.29, 0.717) is 6.61 Å². The fourth-order valence-corrected chi connectivity index (χ4v) is 2.91. The van der Waals surface area contributed by atoms with Crippen molar-refractivity contribution in [2.45, 2.75) is 6.92 Å². The van der Waals surface area contributed by atoms with Crippen molar-refractivity contribution < 1.29 is 9.05 Å². The molecule has 0 N–H and O–H groups in total. The Hall–Kier alpha value is -0.940. The third-order valence-corrected chi connectivity index (χ3v) is 3.95. The summed E-state index contributed by atoms with van der Waals surface area (Å²) in [6, 6.07) is 9.65. The number of hydrogen-bond donors (Lipinski definition) is 0. The first kappa shape index (κ1) is 13.5. The van der Waals surface area contributed by atoms with Gasteiger partial charge < -0.3 is 9.05 Å². The maximum Gasteiger partial charge on any atom is 0.341 e. The van der Waals surface area contributed by atoms with Gasteiger partial charge in [-0.25, -0.2) is 4.68 Å². The lowest BCUT2D eigenvalue weighted by atomic mass is 10.3. The van der Waals surface area contributed by atoms with E-state index in [4.69, 9.17) is 32.1 Å². The zero-order valence-electron chi connectivity index (χ0n) is 9.56. The van der Waals surface area contributed by atoms with Crippen LogP contribution in [0.15, 0.2) is 36.7 Å². The number of benzene rings is 1. The van der Waals surface area contributed by atoms with Crippen LogP contribution < -0.4 is 4.52 Å². The molecule has 0 spiro atoms. The fourth-order valence-electron chi connectivity index (χ4n) is 1.27. The minimum absolute atomic E-state index is 0.116. The minimum atomic E-state index is -2.83. The summed E-state index contributed by atoms with van der Waals surface area (Å²) < 4.78 is 12.0. The Morgan fingerprint density at radius 3 is 2.78 bits per heavy atom. The van der Waals surface area contributed by atoms with E-state index in [1.807, 2.05) is 30.3 Å². The van der Waals surface area contributed by atoms with E-state index in [9.17, 15) is 0 Å². The van der Waals surface area contributed by atoms with Crippen molar-refractivity contribution in [2.24, 2.45) is 0 Å². The molecule has 1 atom stereocenters. The molecule has 0 amide bonds. The second-order valence-corrected chi connectivity index (χ2v) is 7.93. The van der Waals surface area contributed by atoms with E-state index in [1.54, 1.807) is 11.6 Å². The smallest absolute Gasteiger partial charge is 0.341 e. The molecule has 0 saturated heterocycles. The van der Waals surface area contributed by atoms with Crippen LogP contribution in [0.3, 0.4) is 0 Å². The van der Waals surface area contributed by atoms with Gasteiger partial charge in [0.05, 0.1) is 12.3 Å². The summed E-state index contributed by atoms with van der Waals surface area (Å²) in [4.78, 5) is 3.99. The fraction of sp³-hybridized carbons (Fsp3) is 0.200. The Morgan fingerprint density at radius 1 is 1.39 bits per heavy atom. The lowest BCUT2D eigenvalue weighted by molar-refractivity contribution is 0.337. The van der Waals surface area contributed by atoms with Crippen LogP contribution in [0.4, 0.5) is 0 Å². The van der Waals surface area contributed by atoms with E-state index in [2.05, 4.69) is 10.1 Å². The number of nitrogens with zero attached hydrogens (tertiary/aromatic N) is 3. The topological polar surface area (TPSA) is 49.2 Å². The highest BCUT2D eigenvalue weighted by Gasteiger charge is 2.18. The summed E-state index contributed by atoms with van der Waals surface area (Å²) in [6.45, 7) is 2.18. The van der Waals surface area contributed by atoms with E-state index in [-0.39, 0.29) is 6.01 Å². The highest BCUT2D eigenvalue weighted by Crippen LogP contribution is 2.52. The van der Waals surface area contributed by atoms with Crippen molar-refractivity contribution in [1.29, 1.82) is 0 Å². The summed E-state index contributed by atoms with van der Waals surface area (Å²) in [7, 11) is 0. The predicted molar refractivity (Wildman–Crippen MR) is 73.8 cm³/mol. The third kappa shape index (κ3) is 3.53. The number of para-hydroxylation sites is 1. The van der Waals surface area contributed by atoms with E-state index in [1.165, 1.54) is 6.33 Å². The normalized spacial score (nSPS) is 14.1. The van der Waals surface area contributed by atoms with Crippen LogP contribution in [-0.2, 0) is 16.3 Å². The standard InChI is InChI=1S/C10H11ClN3O2PS/c1-2-15-17(11,18)16-10-12-8-14(13-10)9-6-4-3-5-7-9/h3-8H,2H2,1H3. The summed E-state index contributed by atoms with van der Waals surface area (Å²) in [5, 5.41) is 4.13. The molecular weight excluding hydrogens is 293 g/mol. The molecule has 1 aromatic carbocycles. The molecule has 96 valence electrons. The second kappa shape index (κ2) is 5.80. The van der Waals surface area contributed by atoms with E-state index < -0.39 is 5.84 Å². The van der Waals surface area contributed by atoms with Crippen LogP contribution in [0.5, 0.6) is 6.01 Å². The van der Waals surface area contributed by atoms with Gasteiger partial charge in [-0.2, -0.15) is 4.98 Å². The highest BCUT2D eigenvalue weighted by atomic mass is 35.7. The Balaban J connectivity index is 2.14. The molecule has 0 saturated carbocycles. The Morgan fingerprint density at radius 2 is 2.11 bits per heavy atom. The van der Waals surface area contributed by atoms with Gasteiger partial charge in [-0.3, -0.25) is 0 Å². The zero-order valence-corrected chi connectivity index (χ0v) is 12.0. The van der Waals surface area contributed by atoms with Crippen molar-refractivity contribution in [3.8, 4) is 11.7 Å². The van der Waals surface area contributed by atoms with Crippen molar-refractivity contribution >= 4 is 28.9 Å². The molecule has 2 rings (SSSR count). The molecule has 0 bridgehead atoms. The first-order valence-corrected chi connectivity index (χ1v) is 8.76. The molecule has 1 aromatic heterocycles. The zero-order chi connectivity index (χ0) is 13.0. The summed E-state index contributed by atoms with van der Waals surface area (Å²) >= 11 is 10.9. The van der Waals surface area contributed by atoms with Gasteiger partial charge in [0.25, 0.3) is 0 Å². The number of halogens is 1. The van der Waals surface area contributed by atoms with Crippen LogP contribution in [0.25, 0.3) is 5.69 Å². The van der Waals surface area contributed by atoms with Gasteiger partial charge in [0.1, 0.15) is 6.33 Å². The van der Waals surface area contributed by atoms with Gasteiger partial charge in [-0.05, 0) is 42.1 Å². The Bertz CT molecular complexity index is 563. The summed E-state index contributed by atoms with van der Waals surface area (Å²) in [5.74, 6) is -2.83. The number of rotatable bonds is 5. The van der Waals surface area contributed by atoms with Crippen molar-refractivity contribution in [2.75, 3.05) is 6.61 Å². The van der Waals surface area contributed by atoms with Gasteiger partial charge in [0.2, 0.25) is 0 Å². The second-order valence-electron chi connectivity index (χ2n) is 3.25. The summed E-state index contributed by atoms with van der Waals surface area (Å²) in [5.41, 5.74) is 0.874. The Labute approximate surface area is 115 Å². The SMILES string of the molecule is CCOP(=S)(Cl)Oc1ncn(-c2ccccc2)n1. The van der Waals surface area contributed by atoms with Gasteiger partial charge in [0.15, 0.2) is 0 Å². The maximum absolute atomic E-state index is 5.92. The van der Waals surface area contributed by atoms with Crippen LogP contribution in [0.1, 0.15) is 6.92 Å². The monoisotopic (exact) mass is 303 g/mol. The average molecular weight is 304 g/mol. The van der Waals surface area contributed by atoms with Gasteiger partial charge in [-0.1, -0.05) is 18.2 Å². The third-order valence-electron chi connectivity index (χ3n) is 1.97. The average Bonchev–Trinajstić information content (AvgIpc) is 2.77. The molecule has 5 nitrogen and oxygen atoms in total. The van der Waals surface area contributed by atoms with Gasteiger partial charge in [0, 0.05) is 0 Å². The number of hydrogen-bond acceptors (Lipinski definition) is 5. The summed E-state index contributed by atoms with van der Waals surface area (Å²) in [6.07, 6.45) is 1.53. The lowest BCUT2D eigenvalue weighted by Gasteiger charge is -2.11. The first-order valence-electron chi connectivity index (χ1n) is 5.21. The maximum atomic E-state index is 5.92. The van der Waals surface area contributed by atoms with Gasteiger partial charge >= 0.3 is 11.9 Å². The van der Waals surface area contributed by atoms with E-state index >= 15 is 0 Å². The first-order chi connectivity index (χ1) is 8.61. The lowest BCUT2D eigenvalue weighted by Crippen LogP contribution is -1.96. The molecule has 1 heterocycles. The molecular formula is C10H11ClN3O2PS. The molecule has 0 radical (unpaired) electrons. The van der Waals surface area contributed by atoms with Gasteiger partial charge in [-0.15, -0.1) is 5.10 Å². The van der Waals surface area contributed by atoms with Crippen molar-refractivity contribution in [3.05, 3.63) is 36.7 Å². The molecule has 18 heavy (non-hydrogen) atoms. The highest BCUT2D eigenvalue weighted by molar-refractivity contribution is 8.22. The molecule has 2 aromatic rings. The largest absolute Gasteiger partial charge is 0.397 e.